The lowest BCUT2D eigenvalue weighted by Crippen LogP contribution is -2.34. The number of aliphatic hydroxyl groups excluding tert-OH is 1. The van der Waals surface area contributed by atoms with Crippen LogP contribution in [0.3, 0.4) is 0 Å². The minimum absolute atomic E-state index is 0.0692. The van der Waals surface area contributed by atoms with Gasteiger partial charge in [-0.05, 0) is 35.9 Å². The van der Waals surface area contributed by atoms with E-state index < -0.39 is 11.7 Å². The first-order valence-corrected chi connectivity index (χ1v) is 8.79. The number of hydrogen-bond donors (Lipinski definition) is 1. The molecule has 1 saturated heterocycles. The molecular weight excluding hydrogens is 375 g/mol. The minimum Gasteiger partial charge on any atom is -0.489 e. The second-order valence-electron chi connectivity index (χ2n) is 6.48. The molecule has 1 aliphatic rings. The summed E-state index contributed by atoms with van der Waals surface area (Å²) in [5.74, 6) is 0.428. The molecule has 0 bridgehead atoms. The first-order chi connectivity index (χ1) is 13.3. The molecule has 1 atom stereocenters. The van der Waals surface area contributed by atoms with Crippen LogP contribution in [0.5, 0.6) is 11.5 Å². The van der Waals surface area contributed by atoms with Crippen molar-refractivity contribution in [3.8, 4) is 11.5 Å². The predicted molar refractivity (Wildman–Crippen MR) is 94.9 cm³/mol. The lowest BCUT2D eigenvalue weighted by molar-refractivity contribution is -0.137. The van der Waals surface area contributed by atoms with Crippen LogP contribution in [-0.4, -0.2) is 41.7 Å². The monoisotopic (exact) mass is 395 g/mol. The topological polar surface area (TPSA) is 59.0 Å². The molecule has 1 heterocycles. The highest BCUT2D eigenvalue weighted by Crippen LogP contribution is 2.32. The normalized spacial score (nSPS) is 16.9. The molecule has 0 aliphatic carbocycles. The molecule has 0 aromatic heterocycles. The molecule has 1 amide bonds. The zero-order valence-corrected chi connectivity index (χ0v) is 15.0. The van der Waals surface area contributed by atoms with Crippen LogP contribution >= 0.6 is 0 Å². The van der Waals surface area contributed by atoms with Crippen molar-refractivity contribution in [1.82, 2.24) is 4.90 Å². The van der Waals surface area contributed by atoms with Gasteiger partial charge in [-0.2, -0.15) is 13.2 Å². The third-order valence-corrected chi connectivity index (χ3v) is 4.43. The number of amides is 1. The van der Waals surface area contributed by atoms with Crippen LogP contribution in [0, 0.1) is 0 Å². The number of rotatable bonds is 6. The van der Waals surface area contributed by atoms with Crippen molar-refractivity contribution in [2.45, 2.75) is 25.3 Å². The molecule has 0 radical (unpaired) electrons. The van der Waals surface area contributed by atoms with Crippen LogP contribution in [0.1, 0.15) is 17.5 Å². The van der Waals surface area contributed by atoms with Crippen molar-refractivity contribution in [2.75, 3.05) is 19.7 Å². The summed E-state index contributed by atoms with van der Waals surface area (Å²) in [6.45, 7) is 0.534. The number of benzene rings is 2. The maximum Gasteiger partial charge on any atom is 0.416 e. The Morgan fingerprint density at radius 3 is 2.57 bits per heavy atom. The van der Waals surface area contributed by atoms with Gasteiger partial charge in [0.2, 0.25) is 0 Å². The smallest absolute Gasteiger partial charge is 0.416 e. The summed E-state index contributed by atoms with van der Waals surface area (Å²) < 4.78 is 49.4. The van der Waals surface area contributed by atoms with Crippen molar-refractivity contribution in [3.05, 3.63) is 59.7 Å². The third kappa shape index (κ3) is 5.16. The second-order valence-corrected chi connectivity index (χ2v) is 6.48. The summed E-state index contributed by atoms with van der Waals surface area (Å²) >= 11 is 0. The van der Waals surface area contributed by atoms with Crippen LogP contribution in [0.2, 0.25) is 0 Å². The molecule has 5 nitrogen and oxygen atoms in total. The van der Waals surface area contributed by atoms with Gasteiger partial charge in [-0.1, -0.05) is 18.2 Å². The summed E-state index contributed by atoms with van der Waals surface area (Å²) in [7, 11) is 0. The van der Waals surface area contributed by atoms with Crippen LogP contribution in [-0.2, 0) is 17.6 Å². The Morgan fingerprint density at radius 1 is 1.14 bits per heavy atom. The Hall–Kier alpha value is -2.74. The fourth-order valence-corrected chi connectivity index (χ4v) is 2.92. The molecule has 3 rings (SSSR count). The molecular formula is C20H20F3NO4. The Bertz CT molecular complexity index is 808. The minimum atomic E-state index is -4.43. The van der Waals surface area contributed by atoms with Crippen molar-refractivity contribution in [1.29, 1.82) is 0 Å². The fraction of sp³-hybridized carbons (Fsp3) is 0.350. The number of carbonyl (C=O) groups excluding carboxylic acids is 1. The van der Waals surface area contributed by atoms with Crippen molar-refractivity contribution >= 4 is 5.91 Å². The van der Waals surface area contributed by atoms with Gasteiger partial charge >= 0.3 is 6.18 Å². The number of nitrogens with zero attached hydrogens (tertiary/aromatic N) is 1. The first kappa shape index (κ1) is 20.0. The van der Waals surface area contributed by atoms with E-state index in [4.69, 9.17) is 14.6 Å². The van der Waals surface area contributed by atoms with E-state index >= 15 is 0 Å². The number of alkyl halides is 3. The lowest BCUT2D eigenvalue weighted by Gasteiger charge is -2.18. The van der Waals surface area contributed by atoms with Crippen LogP contribution in [0.4, 0.5) is 13.2 Å². The quantitative estimate of drug-likeness (QED) is 0.816. The third-order valence-electron chi connectivity index (χ3n) is 4.43. The molecule has 2 aromatic carbocycles. The fourth-order valence-electron chi connectivity index (χ4n) is 2.92. The maximum absolute atomic E-state index is 12.8. The Balaban J connectivity index is 1.50. The van der Waals surface area contributed by atoms with E-state index in [1.165, 1.54) is 12.1 Å². The molecule has 1 fully saturated rings. The number of carbonyl (C=O) groups is 1. The van der Waals surface area contributed by atoms with Crippen molar-refractivity contribution < 1.29 is 32.5 Å². The van der Waals surface area contributed by atoms with E-state index in [0.29, 0.717) is 25.3 Å². The molecule has 1 aliphatic heterocycles. The Kier molecular flexibility index (Phi) is 6.08. The highest BCUT2D eigenvalue weighted by molar-refractivity contribution is 5.78. The number of ether oxygens (including phenoxy) is 2. The molecule has 0 spiro atoms. The SMILES string of the molecule is O=C(COc1ccc(CO)cc1)N1CC[C@H](Oc2cccc(C(F)(F)F)c2)C1. The second kappa shape index (κ2) is 8.52. The molecule has 1 N–H and O–H groups in total. The van der Waals surface area contributed by atoms with E-state index in [-0.39, 0.29) is 31.0 Å². The summed E-state index contributed by atoms with van der Waals surface area (Å²) in [5.41, 5.74) is -0.0238. The van der Waals surface area contributed by atoms with Crippen LogP contribution in [0.15, 0.2) is 48.5 Å². The number of aliphatic hydroxyl groups is 1. The zero-order valence-electron chi connectivity index (χ0n) is 15.0. The molecule has 150 valence electrons. The Morgan fingerprint density at radius 2 is 1.89 bits per heavy atom. The van der Waals surface area contributed by atoms with Gasteiger partial charge in [-0.15, -0.1) is 0 Å². The molecule has 8 heteroatoms. The summed E-state index contributed by atoms with van der Waals surface area (Å²) in [6, 6.07) is 11.5. The lowest BCUT2D eigenvalue weighted by atomic mass is 10.2. The predicted octanol–water partition coefficient (Wildman–Crippen LogP) is 3.26. The summed E-state index contributed by atoms with van der Waals surface area (Å²) in [5, 5.41) is 9.01. The largest absolute Gasteiger partial charge is 0.489 e. The van der Waals surface area contributed by atoms with Gasteiger partial charge in [0.25, 0.3) is 5.91 Å². The van der Waals surface area contributed by atoms with Gasteiger partial charge in [0.05, 0.1) is 18.7 Å². The van der Waals surface area contributed by atoms with E-state index in [0.717, 1.165) is 17.7 Å². The van der Waals surface area contributed by atoms with Gasteiger partial charge in [0.1, 0.15) is 17.6 Å². The highest BCUT2D eigenvalue weighted by atomic mass is 19.4. The van der Waals surface area contributed by atoms with E-state index in [1.807, 2.05) is 0 Å². The van der Waals surface area contributed by atoms with Gasteiger partial charge in [-0.25, -0.2) is 0 Å². The number of halogens is 3. The average Bonchev–Trinajstić information content (AvgIpc) is 3.14. The van der Waals surface area contributed by atoms with Gasteiger partial charge in [0.15, 0.2) is 6.61 Å². The maximum atomic E-state index is 12.8. The van der Waals surface area contributed by atoms with Crippen LogP contribution in [0.25, 0.3) is 0 Å². The van der Waals surface area contributed by atoms with Gasteiger partial charge < -0.3 is 19.5 Å². The summed E-state index contributed by atoms with van der Waals surface area (Å²) in [4.78, 5) is 13.9. The summed E-state index contributed by atoms with van der Waals surface area (Å²) in [6.07, 6.45) is -4.26. The van der Waals surface area contributed by atoms with Gasteiger partial charge in [-0.3, -0.25) is 4.79 Å². The Labute approximate surface area is 160 Å². The van der Waals surface area contributed by atoms with Crippen molar-refractivity contribution in [3.63, 3.8) is 0 Å². The van der Waals surface area contributed by atoms with E-state index in [1.54, 1.807) is 29.2 Å². The highest BCUT2D eigenvalue weighted by Gasteiger charge is 2.32. The van der Waals surface area contributed by atoms with E-state index in [2.05, 4.69) is 0 Å². The standard InChI is InChI=1S/C20H20F3NO4/c21-20(22,23)15-2-1-3-17(10-15)28-18-8-9-24(11-18)19(26)13-27-16-6-4-14(12-25)5-7-16/h1-7,10,18,25H,8-9,11-13H2/t18-/m0/s1. The molecule has 28 heavy (non-hydrogen) atoms. The van der Waals surface area contributed by atoms with Crippen molar-refractivity contribution in [2.24, 2.45) is 0 Å². The first-order valence-electron chi connectivity index (χ1n) is 8.79. The molecule has 2 aromatic rings. The average molecular weight is 395 g/mol. The molecule has 0 unspecified atom stereocenters. The van der Waals surface area contributed by atoms with Gasteiger partial charge in [0, 0.05) is 13.0 Å². The zero-order chi connectivity index (χ0) is 20.1. The van der Waals surface area contributed by atoms with Crippen LogP contribution < -0.4 is 9.47 Å². The molecule has 0 saturated carbocycles. The van der Waals surface area contributed by atoms with E-state index in [9.17, 15) is 18.0 Å². The number of hydrogen-bond acceptors (Lipinski definition) is 4. The number of likely N-dealkylation sites (tertiary alicyclic amines) is 1.